The summed E-state index contributed by atoms with van der Waals surface area (Å²) in [4.78, 5) is 19.5. The van der Waals surface area contributed by atoms with Gasteiger partial charge in [0.25, 0.3) is 5.91 Å². The summed E-state index contributed by atoms with van der Waals surface area (Å²) in [6, 6.07) is 33.8. The van der Waals surface area contributed by atoms with E-state index >= 15 is 0 Å². The molecule has 7 nitrogen and oxygen atoms in total. The van der Waals surface area contributed by atoms with Crippen LogP contribution in [0.2, 0.25) is 0 Å². The summed E-state index contributed by atoms with van der Waals surface area (Å²) >= 11 is 3.54. The van der Waals surface area contributed by atoms with E-state index in [9.17, 15) is 4.79 Å². The van der Waals surface area contributed by atoms with Crippen LogP contribution in [0.25, 0.3) is 6.08 Å². The molecule has 0 bridgehead atoms. The van der Waals surface area contributed by atoms with E-state index in [1.165, 1.54) is 11.1 Å². The second-order valence-corrected chi connectivity index (χ2v) is 12.2. The number of carbonyl (C=O) groups is 1. The second kappa shape index (κ2) is 14.2. The van der Waals surface area contributed by atoms with Crippen molar-refractivity contribution >= 4 is 33.8 Å². The lowest BCUT2D eigenvalue weighted by molar-refractivity contribution is -0.130. The summed E-state index contributed by atoms with van der Waals surface area (Å²) < 4.78 is 13.3. The van der Waals surface area contributed by atoms with Gasteiger partial charge in [-0.1, -0.05) is 94.8 Å². The van der Waals surface area contributed by atoms with Crippen molar-refractivity contribution < 1.29 is 19.4 Å². The molecular formula is C37H36BrN3O4. The first-order chi connectivity index (χ1) is 22.0. The molecule has 3 N–H and O–H groups in total. The number of amides is 1. The molecule has 0 fully saturated rings. The molecule has 45 heavy (non-hydrogen) atoms. The van der Waals surface area contributed by atoms with Gasteiger partial charge >= 0.3 is 0 Å². The summed E-state index contributed by atoms with van der Waals surface area (Å²) in [5.74, 6) is 0.816. The number of ether oxygens (including phenoxy) is 2. The quantitative estimate of drug-likeness (QED) is 0.121. The van der Waals surface area contributed by atoms with Gasteiger partial charge in [-0.05, 0) is 71.5 Å². The van der Waals surface area contributed by atoms with Gasteiger partial charge < -0.3 is 14.6 Å². The number of hydrogen-bond acceptors (Lipinski definition) is 6. The molecule has 0 unspecified atom stereocenters. The monoisotopic (exact) mass is 665 g/mol. The molecule has 1 aliphatic heterocycles. The maximum absolute atomic E-state index is 14.4. The number of hydrazine groups is 1. The number of aliphatic hydroxyl groups excluding tert-OH is 1. The third-order valence-corrected chi connectivity index (χ3v) is 8.71. The molecule has 1 aliphatic carbocycles. The van der Waals surface area contributed by atoms with Gasteiger partial charge in [-0.25, -0.2) is 10.4 Å². The van der Waals surface area contributed by atoms with Gasteiger partial charge in [0, 0.05) is 35.5 Å². The number of halogens is 1. The fourth-order valence-electron chi connectivity index (χ4n) is 5.83. The Kier molecular flexibility index (Phi) is 9.74. The third-order valence-electron chi connectivity index (χ3n) is 8.18. The molecule has 0 radical (unpaired) electrons. The molecule has 2 aliphatic rings. The van der Waals surface area contributed by atoms with E-state index in [2.05, 4.69) is 51.0 Å². The molecule has 0 saturated heterocycles. The van der Waals surface area contributed by atoms with Crippen molar-refractivity contribution in [1.82, 2.24) is 10.9 Å². The predicted molar refractivity (Wildman–Crippen MR) is 180 cm³/mol. The van der Waals surface area contributed by atoms with Crippen LogP contribution in [-0.2, 0) is 22.4 Å². The van der Waals surface area contributed by atoms with Gasteiger partial charge in [0.1, 0.15) is 5.75 Å². The molecule has 0 spiro atoms. The van der Waals surface area contributed by atoms with Gasteiger partial charge in [0.2, 0.25) is 5.90 Å². The van der Waals surface area contributed by atoms with Gasteiger partial charge in [-0.2, -0.15) is 0 Å². The van der Waals surface area contributed by atoms with Crippen LogP contribution in [0.3, 0.4) is 0 Å². The number of fused-ring (bicyclic) bond motifs is 1. The van der Waals surface area contributed by atoms with Crippen LogP contribution in [0.4, 0.5) is 0 Å². The van der Waals surface area contributed by atoms with Gasteiger partial charge in [-0.15, -0.1) is 0 Å². The van der Waals surface area contributed by atoms with Gasteiger partial charge in [0.15, 0.2) is 11.6 Å². The van der Waals surface area contributed by atoms with Crippen molar-refractivity contribution in [1.29, 1.82) is 0 Å². The van der Waals surface area contributed by atoms with Crippen molar-refractivity contribution in [3.63, 3.8) is 0 Å². The number of hydrogen-bond donors (Lipinski definition) is 3. The zero-order valence-corrected chi connectivity index (χ0v) is 26.5. The molecule has 4 aromatic rings. The molecule has 1 amide bonds. The van der Waals surface area contributed by atoms with Crippen molar-refractivity contribution in [2.45, 2.75) is 43.4 Å². The molecule has 6 rings (SSSR count). The average molecular weight is 667 g/mol. The topological polar surface area (TPSA) is 92.2 Å². The van der Waals surface area contributed by atoms with E-state index < -0.39 is 11.6 Å². The smallest absolute Gasteiger partial charge is 0.266 e. The van der Waals surface area contributed by atoms with Crippen molar-refractivity contribution in [2.24, 2.45) is 4.99 Å². The SMILES string of the molecule is O=C(NNC1Cc2ccccc2C1)[C@@]1(C/C=C/c2ccccc2)N=C(c2ccc(OCCCO)cc2)O[C@H]1c1ccc(Br)cc1. The molecule has 230 valence electrons. The fraction of sp³-hybridized carbons (Fsp3) is 0.243. The lowest BCUT2D eigenvalue weighted by atomic mass is 9.84. The third kappa shape index (κ3) is 7.20. The van der Waals surface area contributed by atoms with Crippen LogP contribution in [0.5, 0.6) is 5.75 Å². The highest BCUT2D eigenvalue weighted by Crippen LogP contribution is 2.43. The first-order valence-corrected chi connectivity index (χ1v) is 16.0. The molecular weight excluding hydrogens is 630 g/mol. The van der Waals surface area contributed by atoms with E-state index in [-0.39, 0.29) is 18.6 Å². The molecule has 2 atom stereocenters. The largest absolute Gasteiger partial charge is 0.494 e. The molecule has 8 heteroatoms. The number of aliphatic imine (C=N–C) groups is 1. The van der Waals surface area contributed by atoms with Crippen LogP contribution in [0.15, 0.2) is 119 Å². The Morgan fingerprint density at radius 1 is 0.956 bits per heavy atom. The van der Waals surface area contributed by atoms with Gasteiger partial charge in [-0.3, -0.25) is 10.2 Å². The van der Waals surface area contributed by atoms with Crippen LogP contribution < -0.4 is 15.6 Å². The normalized spacial score (nSPS) is 19.2. The number of nitrogens with zero attached hydrogens (tertiary/aromatic N) is 1. The number of benzene rings is 4. The Balaban J connectivity index is 1.32. The van der Waals surface area contributed by atoms with Crippen LogP contribution in [0.1, 0.15) is 46.8 Å². The summed E-state index contributed by atoms with van der Waals surface area (Å²) in [5.41, 5.74) is 10.3. The second-order valence-electron chi connectivity index (χ2n) is 11.3. The Hall–Kier alpha value is -4.24. The summed E-state index contributed by atoms with van der Waals surface area (Å²) in [5, 5.41) is 9.07. The highest BCUT2D eigenvalue weighted by atomic mass is 79.9. The van der Waals surface area contributed by atoms with Gasteiger partial charge in [0.05, 0.1) is 6.61 Å². The first kappa shape index (κ1) is 30.8. The standard InChI is InChI=1S/C37H36BrN3O4/c38-31-17-13-27(14-18-31)34-37(21-6-10-26-8-2-1-3-9-26,36(43)41-40-32-24-29-11-4-5-12-30(29)25-32)39-35(45-34)28-15-19-33(20-16-28)44-23-7-22-42/h1-6,8-20,32,34,40,42H,7,21-25H2,(H,41,43)/b10-6+/t34-,37-/m0/s1. The van der Waals surface area contributed by atoms with Crippen LogP contribution in [-0.4, -0.2) is 41.7 Å². The van der Waals surface area contributed by atoms with E-state index in [1.54, 1.807) is 0 Å². The van der Waals surface area contributed by atoms with E-state index in [4.69, 9.17) is 19.6 Å². The molecule has 4 aromatic carbocycles. The zero-order valence-electron chi connectivity index (χ0n) is 24.9. The van der Waals surface area contributed by atoms with Crippen molar-refractivity contribution in [3.05, 3.63) is 141 Å². The number of nitrogens with one attached hydrogen (secondary N) is 2. The Morgan fingerprint density at radius 2 is 1.64 bits per heavy atom. The minimum absolute atomic E-state index is 0.0750. The summed E-state index contributed by atoms with van der Waals surface area (Å²) in [6.45, 7) is 0.501. The highest BCUT2D eigenvalue weighted by Gasteiger charge is 2.52. The van der Waals surface area contributed by atoms with Crippen LogP contribution in [0, 0.1) is 0 Å². The number of aliphatic hydroxyl groups is 1. The van der Waals surface area contributed by atoms with Crippen molar-refractivity contribution in [3.8, 4) is 5.75 Å². The maximum atomic E-state index is 14.4. The maximum Gasteiger partial charge on any atom is 0.266 e. The Morgan fingerprint density at radius 3 is 2.33 bits per heavy atom. The lowest BCUT2D eigenvalue weighted by Crippen LogP contribution is -2.55. The summed E-state index contributed by atoms with van der Waals surface area (Å²) in [6.07, 6.45) is 5.88. The van der Waals surface area contributed by atoms with E-state index in [0.29, 0.717) is 31.1 Å². The minimum atomic E-state index is -1.29. The minimum Gasteiger partial charge on any atom is -0.494 e. The van der Waals surface area contributed by atoms with E-state index in [1.807, 2.05) is 91.0 Å². The number of carbonyl (C=O) groups excluding carboxylic acids is 1. The molecule has 0 saturated carbocycles. The Bertz CT molecular complexity index is 1630. The molecule has 0 aromatic heterocycles. The van der Waals surface area contributed by atoms with Crippen LogP contribution >= 0.6 is 15.9 Å². The average Bonchev–Trinajstić information content (AvgIpc) is 3.67. The first-order valence-electron chi connectivity index (χ1n) is 15.2. The van der Waals surface area contributed by atoms with E-state index in [0.717, 1.165) is 34.0 Å². The predicted octanol–water partition coefficient (Wildman–Crippen LogP) is 6.36. The lowest BCUT2D eigenvalue weighted by Gasteiger charge is -2.30. The van der Waals surface area contributed by atoms with Crippen molar-refractivity contribution in [2.75, 3.05) is 13.2 Å². The number of rotatable bonds is 12. The highest BCUT2D eigenvalue weighted by molar-refractivity contribution is 9.10. The Labute approximate surface area is 272 Å². The zero-order chi connectivity index (χ0) is 31.1. The summed E-state index contributed by atoms with van der Waals surface area (Å²) in [7, 11) is 0. The molecule has 1 heterocycles. The fourth-order valence-corrected chi connectivity index (χ4v) is 6.09.